The summed E-state index contributed by atoms with van der Waals surface area (Å²) >= 11 is 1.77. The topological polar surface area (TPSA) is 55.9 Å². The van der Waals surface area contributed by atoms with Gasteiger partial charge >= 0.3 is 0 Å². The van der Waals surface area contributed by atoms with E-state index in [1.807, 2.05) is 47.4 Å². The van der Waals surface area contributed by atoms with Gasteiger partial charge in [-0.3, -0.25) is 14.5 Å². The maximum absolute atomic E-state index is 12.7. The van der Waals surface area contributed by atoms with Gasteiger partial charge in [-0.15, -0.1) is 11.8 Å². The highest BCUT2D eigenvalue weighted by Gasteiger charge is 2.23. The van der Waals surface area contributed by atoms with Gasteiger partial charge in [0.15, 0.2) is 0 Å². The summed E-state index contributed by atoms with van der Waals surface area (Å²) < 4.78 is 0. The SMILES string of the molecule is CN1CCN(Cc2cccc(NC(=O)CCC(=O)N3CCSc4ccccc43)c2)CC1. The van der Waals surface area contributed by atoms with E-state index in [-0.39, 0.29) is 24.7 Å². The number of amides is 2. The molecule has 0 aliphatic carbocycles. The van der Waals surface area contributed by atoms with Crippen LogP contribution >= 0.6 is 11.8 Å². The van der Waals surface area contributed by atoms with Crippen molar-refractivity contribution in [2.75, 3.05) is 55.7 Å². The molecule has 0 aromatic heterocycles. The van der Waals surface area contributed by atoms with Crippen LogP contribution in [-0.4, -0.2) is 67.1 Å². The van der Waals surface area contributed by atoms with Crippen LogP contribution in [0.4, 0.5) is 11.4 Å². The number of carbonyl (C=O) groups excluding carboxylic acids is 2. The van der Waals surface area contributed by atoms with Crippen LogP contribution in [0.15, 0.2) is 53.4 Å². The van der Waals surface area contributed by atoms with Crippen LogP contribution in [0.5, 0.6) is 0 Å². The van der Waals surface area contributed by atoms with Crippen LogP contribution in [0.25, 0.3) is 0 Å². The highest BCUT2D eigenvalue weighted by atomic mass is 32.2. The largest absolute Gasteiger partial charge is 0.326 e. The maximum atomic E-state index is 12.7. The van der Waals surface area contributed by atoms with Gasteiger partial charge < -0.3 is 15.1 Å². The quantitative estimate of drug-likeness (QED) is 0.750. The Kier molecular flexibility index (Phi) is 7.27. The molecule has 2 aliphatic heterocycles. The van der Waals surface area contributed by atoms with Gasteiger partial charge in [-0.2, -0.15) is 0 Å². The van der Waals surface area contributed by atoms with E-state index in [9.17, 15) is 9.59 Å². The zero-order valence-corrected chi connectivity index (χ0v) is 18.9. The van der Waals surface area contributed by atoms with Crippen LogP contribution < -0.4 is 10.2 Å². The van der Waals surface area contributed by atoms with Gasteiger partial charge in [0, 0.05) is 68.4 Å². The molecule has 0 radical (unpaired) electrons. The number of nitrogens with zero attached hydrogens (tertiary/aromatic N) is 3. The predicted molar refractivity (Wildman–Crippen MR) is 127 cm³/mol. The van der Waals surface area contributed by atoms with Gasteiger partial charge in [0.05, 0.1) is 5.69 Å². The summed E-state index contributed by atoms with van der Waals surface area (Å²) in [5.41, 5.74) is 2.95. The molecule has 2 amide bonds. The third kappa shape index (κ3) is 5.87. The Hall–Kier alpha value is -2.35. The lowest BCUT2D eigenvalue weighted by Crippen LogP contribution is -2.43. The zero-order chi connectivity index (χ0) is 21.6. The van der Waals surface area contributed by atoms with E-state index in [4.69, 9.17) is 0 Å². The molecule has 7 heteroatoms. The van der Waals surface area contributed by atoms with Crippen molar-refractivity contribution in [3.05, 3.63) is 54.1 Å². The molecule has 0 atom stereocenters. The molecule has 164 valence electrons. The molecule has 1 fully saturated rings. The number of rotatable bonds is 6. The molecule has 0 unspecified atom stereocenters. The molecule has 2 heterocycles. The Morgan fingerprint density at radius 1 is 0.968 bits per heavy atom. The fraction of sp³-hybridized carbons (Fsp3) is 0.417. The Labute approximate surface area is 188 Å². The first kappa shape index (κ1) is 21.9. The molecule has 1 N–H and O–H groups in total. The summed E-state index contributed by atoms with van der Waals surface area (Å²) in [4.78, 5) is 33.0. The van der Waals surface area contributed by atoms with E-state index >= 15 is 0 Å². The summed E-state index contributed by atoms with van der Waals surface area (Å²) in [6.07, 6.45) is 0.402. The second kappa shape index (κ2) is 10.3. The van der Waals surface area contributed by atoms with E-state index in [0.29, 0.717) is 6.54 Å². The van der Waals surface area contributed by atoms with Crippen molar-refractivity contribution in [3.8, 4) is 0 Å². The van der Waals surface area contributed by atoms with E-state index in [0.717, 1.165) is 54.7 Å². The molecule has 2 aliphatic rings. The maximum Gasteiger partial charge on any atom is 0.227 e. The lowest BCUT2D eigenvalue weighted by Gasteiger charge is -2.32. The zero-order valence-electron chi connectivity index (χ0n) is 18.0. The highest BCUT2D eigenvalue weighted by molar-refractivity contribution is 7.99. The van der Waals surface area contributed by atoms with Gasteiger partial charge in [0.25, 0.3) is 0 Å². The second-order valence-electron chi connectivity index (χ2n) is 8.19. The Morgan fingerprint density at radius 3 is 2.61 bits per heavy atom. The van der Waals surface area contributed by atoms with E-state index in [1.54, 1.807) is 11.8 Å². The van der Waals surface area contributed by atoms with Crippen molar-refractivity contribution in [3.63, 3.8) is 0 Å². The summed E-state index contributed by atoms with van der Waals surface area (Å²) in [7, 11) is 2.15. The highest BCUT2D eigenvalue weighted by Crippen LogP contribution is 2.34. The number of piperazine rings is 1. The van der Waals surface area contributed by atoms with Gasteiger partial charge in [-0.1, -0.05) is 24.3 Å². The van der Waals surface area contributed by atoms with E-state index < -0.39 is 0 Å². The van der Waals surface area contributed by atoms with Crippen molar-refractivity contribution in [2.24, 2.45) is 0 Å². The minimum atomic E-state index is -0.121. The van der Waals surface area contributed by atoms with Crippen molar-refractivity contribution < 1.29 is 9.59 Å². The lowest BCUT2D eigenvalue weighted by atomic mass is 10.1. The molecular formula is C24H30N4O2S. The Bertz CT molecular complexity index is 927. The first-order valence-electron chi connectivity index (χ1n) is 10.9. The fourth-order valence-corrected chi connectivity index (χ4v) is 5.01. The first-order valence-corrected chi connectivity index (χ1v) is 11.9. The monoisotopic (exact) mass is 438 g/mol. The molecule has 6 nitrogen and oxygen atoms in total. The predicted octanol–water partition coefficient (Wildman–Crippen LogP) is 3.29. The van der Waals surface area contributed by atoms with E-state index in [1.165, 1.54) is 5.56 Å². The number of likely N-dealkylation sites (N-methyl/N-ethyl adjacent to an activating group) is 1. The number of para-hydroxylation sites is 1. The summed E-state index contributed by atoms with van der Waals surface area (Å²) in [5, 5.41) is 2.96. The third-order valence-corrected chi connectivity index (χ3v) is 6.85. The number of hydrogen-bond acceptors (Lipinski definition) is 5. The summed E-state index contributed by atoms with van der Waals surface area (Å²) in [5.74, 6) is 0.770. The second-order valence-corrected chi connectivity index (χ2v) is 9.33. The van der Waals surface area contributed by atoms with Gasteiger partial charge in [-0.05, 0) is 36.9 Å². The number of anilines is 2. The first-order chi connectivity index (χ1) is 15.1. The summed E-state index contributed by atoms with van der Waals surface area (Å²) in [6, 6.07) is 16.0. The molecule has 2 aromatic rings. The van der Waals surface area contributed by atoms with Crippen molar-refractivity contribution in [2.45, 2.75) is 24.3 Å². The molecule has 2 aromatic carbocycles. The lowest BCUT2D eigenvalue weighted by molar-refractivity contribution is -0.122. The number of thioether (sulfide) groups is 1. The molecule has 0 spiro atoms. The molecule has 0 bridgehead atoms. The van der Waals surface area contributed by atoms with Crippen LogP contribution in [-0.2, 0) is 16.1 Å². The third-order valence-electron chi connectivity index (χ3n) is 5.81. The fourth-order valence-electron chi connectivity index (χ4n) is 4.02. The number of nitrogens with one attached hydrogen (secondary N) is 1. The Morgan fingerprint density at radius 2 is 1.77 bits per heavy atom. The average molecular weight is 439 g/mol. The van der Waals surface area contributed by atoms with Crippen molar-refractivity contribution in [1.29, 1.82) is 0 Å². The number of benzene rings is 2. The number of fused-ring (bicyclic) bond motifs is 1. The molecule has 4 rings (SSSR count). The van der Waals surface area contributed by atoms with Gasteiger partial charge in [-0.25, -0.2) is 0 Å². The van der Waals surface area contributed by atoms with Crippen LogP contribution in [0, 0.1) is 0 Å². The minimum Gasteiger partial charge on any atom is -0.326 e. The van der Waals surface area contributed by atoms with Crippen molar-refractivity contribution >= 4 is 35.0 Å². The van der Waals surface area contributed by atoms with Crippen LogP contribution in [0.1, 0.15) is 18.4 Å². The van der Waals surface area contributed by atoms with Gasteiger partial charge in [0.2, 0.25) is 11.8 Å². The normalized spacial score (nSPS) is 17.3. The number of carbonyl (C=O) groups is 2. The van der Waals surface area contributed by atoms with E-state index in [2.05, 4.69) is 28.2 Å². The average Bonchev–Trinajstić information content (AvgIpc) is 2.79. The van der Waals surface area contributed by atoms with Crippen molar-refractivity contribution in [1.82, 2.24) is 9.80 Å². The molecular weight excluding hydrogens is 408 g/mol. The van der Waals surface area contributed by atoms with Gasteiger partial charge in [0.1, 0.15) is 0 Å². The smallest absolute Gasteiger partial charge is 0.227 e. The Balaban J connectivity index is 1.28. The standard InChI is InChI=1S/C24H30N4O2S/c1-26-11-13-27(14-12-26)18-19-5-4-6-20(17-19)25-23(29)9-10-24(30)28-15-16-31-22-8-3-2-7-21(22)28/h2-8,17H,9-16,18H2,1H3,(H,25,29). The molecule has 1 saturated heterocycles. The molecule has 31 heavy (non-hydrogen) atoms. The summed E-state index contributed by atoms with van der Waals surface area (Å²) in [6.45, 7) is 5.88. The van der Waals surface area contributed by atoms with Crippen LogP contribution in [0.2, 0.25) is 0 Å². The van der Waals surface area contributed by atoms with Crippen LogP contribution in [0.3, 0.4) is 0 Å². The number of hydrogen-bond donors (Lipinski definition) is 1. The minimum absolute atomic E-state index is 0.00622. The molecule has 0 saturated carbocycles.